The van der Waals surface area contributed by atoms with E-state index in [9.17, 15) is 14.9 Å². The molecule has 0 aromatic heterocycles. The van der Waals surface area contributed by atoms with Crippen molar-refractivity contribution < 1.29 is 9.72 Å². The first-order chi connectivity index (χ1) is 10.7. The fraction of sp³-hybridized carbons (Fsp3) is 0.389. The third-order valence-electron chi connectivity index (χ3n) is 2.86. The van der Waals surface area contributed by atoms with Gasteiger partial charge in [-0.25, -0.2) is 0 Å². The maximum atomic E-state index is 12.1. The lowest BCUT2D eigenvalue weighted by atomic mass is 9.98. The number of nitro benzene ring substituents is 1. The van der Waals surface area contributed by atoms with Crippen molar-refractivity contribution in [2.45, 2.75) is 20.8 Å². The van der Waals surface area contributed by atoms with Crippen molar-refractivity contribution in [1.29, 1.82) is 0 Å². The fourth-order valence-corrected chi connectivity index (χ4v) is 1.74. The summed E-state index contributed by atoms with van der Waals surface area (Å²) in [7, 11) is 1.82. The molecule has 0 atom stereocenters. The smallest absolute Gasteiger partial charge is 0.270 e. The zero-order chi connectivity index (χ0) is 17.5. The molecule has 0 bridgehead atoms. The zero-order valence-electron chi connectivity index (χ0n) is 14.0. The van der Waals surface area contributed by atoms with Gasteiger partial charge in [-0.05, 0) is 33.9 Å². The quantitative estimate of drug-likeness (QED) is 0.350. The van der Waals surface area contributed by atoms with Crippen LogP contribution in [0.1, 0.15) is 31.1 Å². The summed E-state index contributed by atoms with van der Waals surface area (Å²) in [6.07, 6.45) is 3.67. The molecule has 1 rings (SSSR count). The molecule has 0 fully saturated rings. The first-order valence-corrected chi connectivity index (χ1v) is 7.33. The Balaban J connectivity index is 2.57. The number of hydrogen-bond acceptors (Lipinski definition) is 4. The second-order valence-corrected chi connectivity index (χ2v) is 6.35. The molecule has 0 saturated heterocycles. The van der Waals surface area contributed by atoms with E-state index < -0.39 is 4.92 Å². The number of non-ortho nitro benzene ring substituents is 1. The van der Waals surface area contributed by atoms with Crippen LogP contribution in [-0.2, 0) is 0 Å². The Kier molecular flexibility index (Phi) is 6.67. The van der Waals surface area contributed by atoms with E-state index in [0.29, 0.717) is 12.1 Å². The van der Waals surface area contributed by atoms with Crippen LogP contribution in [0.4, 0.5) is 5.69 Å². The van der Waals surface area contributed by atoms with Gasteiger partial charge in [0.05, 0.1) is 11.5 Å². The minimum absolute atomic E-state index is 0.0335. The highest BCUT2D eigenvalue weighted by atomic mass is 16.6. The Morgan fingerprint density at radius 2 is 2.09 bits per heavy atom. The van der Waals surface area contributed by atoms with E-state index in [1.807, 2.05) is 38.8 Å². The summed E-state index contributed by atoms with van der Waals surface area (Å²) in [6, 6.07) is 5.79. The monoisotopic (exact) mass is 314 g/mol. The van der Waals surface area contributed by atoms with Gasteiger partial charge in [0.15, 0.2) is 5.78 Å². The number of rotatable bonds is 6. The Labute approximate surface area is 137 Å². The lowest BCUT2D eigenvalue weighted by Crippen LogP contribution is -2.26. The summed E-state index contributed by atoms with van der Waals surface area (Å²) in [5.74, 6) is 5.91. The van der Waals surface area contributed by atoms with Crippen LogP contribution in [0.25, 0.3) is 0 Å². The van der Waals surface area contributed by atoms with Crippen LogP contribution in [0.15, 0.2) is 36.4 Å². The third kappa shape index (κ3) is 7.39. The van der Waals surface area contributed by atoms with Crippen LogP contribution >= 0.6 is 0 Å². The first kappa shape index (κ1) is 18.6. The Bertz CT molecular complexity index is 661. The van der Waals surface area contributed by atoms with E-state index in [4.69, 9.17) is 0 Å². The number of allylic oxidation sites excluding steroid dienone is 1. The minimum Gasteiger partial charge on any atom is -0.295 e. The second kappa shape index (κ2) is 8.25. The van der Waals surface area contributed by atoms with Crippen LogP contribution < -0.4 is 0 Å². The molecule has 0 saturated carbocycles. The summed E-state index contributed by atoms with van der Waals surface area (Å²) in [4.78, 5) is 24.2. The molecule has 0 aliphatic heterocycles. The van der Waals surface area contributed by atoms with E-state index >= 15 is 0 Å². The zero-order valence-corrected chi connectivity index (χ0v) is 14.0. The van der Waals surface area contributed by atoms with E-state index in [2.05, 4.69) is 11.8 Å². The molecule has 0 amide bonds. The van der Waals surface area contributed by atoms with Gasteiger partial charge in [0.2, 0.25) is 0 Å². The van der Waals surface area contributed by atoms with Crippen molar-refractivity contribution in [1.82, 2.24) is 4.90 Å². The highest BCUT2D eigenvalue weighted by Crippen LogP contribution is 2.13. The molecule has 5 nitrogen and oxygen atoms in total. The topological polar surface area (TPSA) is 63.5 Å². The number of Topliss-reactive ketones (excluding diaryl/α,β-unsaturated/α-hetero) is 1. The normalized spacial score (nSPS) is 11.3. The molecular formula is C18H22N2O3. The van der Waals surface area contributed by atoms with Gasteiger partial charge in [-0.1, -0.05) is 30.0 Å². The van der Waals surface area contributed by atoms with Crippen molar-refractivity contribution in [3.8, 4) is 11.8 Å². The highest BCUT2D eigenvalue weighted by Gasteiger charge is 2.12. The van der Waals surface area contributed by atoms with Crippen molar-refractivity contribution in [2.24, 2.45) is 5.41 Å². The SMILES string of the molecule is CN(CC=CC#CC(C)(C)C)CC(=O)c1cccc([N+](=O)[O-])c1. The average molecular weight is 314 g/mol. The maximum Gasteiger partial charge on any atom is 0.270 e. The molecule has 0 aliphatic rings. The molecule has 122 valence electrons. The van der Waals surface area contributed by atoms with Gasteiger partial charge >= 0.3 is 0 Å². The minimum atomic E-state index is -0.503. The predicted octanol–water partition coefficient (Wildman–Crippen LogP) is 3.32. The standard InChI is InChI=1S/C18H22N2O3/c1-18(2,3)11-6-5-7-12-19(4)14-17(21)15-9-8-10-16(13-15)20(22)23/h5,7-10,13H,12,14H2,1-4H3. The molecule has 0 unspecified atom stereocenters. The van der Waals surface area contributed by atoms with Crippen LogP contribution in [0.3, 0.4) is 0 Å². The number of nitro groups is 1. The van der Waals surface area contributed by atoms with Crippen molar-refractivity contribution in [3.05, 3.63) is 52.1 Å². The van der Waals surface area contributed by atoms with E-state index in [0.717, 1.165) is 0 Å². The largest absolute Gasteiger partial charge is 0.295 e. The number of carbonyl (C=O) groups excluding carboxylic acids is 1. The van der Waals surface area contributed by atoms with Gasteiger partial charge in [-0.3, -0.25) is 19.8 Å². The summed E-state index contributed by atoms with van der Waals surface area (Å²) < 4.78 is 0. The first-order valence-electron chi connectivity index (χ1n) is 7.33. The van der Waals surface area contributed by atoms with Gasteiger partial charge in [0.25, 0.3) is 5.69 Å². The average Bonchev–Trinajstić information content (AvgIpc) is 2.45. The molecule has 0 spiro atoms. The van der Waals surface area contributed by atoms with Gasteiger partial charge < -0.3 is 0 Å². The Morgan fingerprint density at radius 1 is 1.39 bits per heavy atom. The second-order valence-electron chi connectivity index (χ2n) is 6.35. The van der Waals surface area contributed by atoms with Crippen LogP contribution in [-0.4, -0.2) is 35.7 Å². The summed E-state index contributed by atoms with van der Waals surface area (Å²) in [6.45, 7) is 6.89. The van der Waals surface area contributed by atoms with Gasteiger partial charge in [0.1, 0.15) is 0 Å². The molecule has 5 heteroatoms. The van der Waals surface area contributed by atoms with Gasteiger partial charge in [0, 0.05) is 29.7 Å². The fourth-order valence-electron chi connectivity index (χ4n) is 1.74. The number of nitrogens with zero attached hydrogens (tertiary/aromatic N) is 2. The molecular weight excluding hydrogens is 292 g/mol. The Morgan fingerprint density at radius 3 is 2.70 bits per heavy atom. The number of benzene rings is 1. The lowest BCUT2D eigenvalue weighted by molar-refractivity contribution is -0.384. The maximum absolute atomic E-state index is 12.1. The van der Waals surface area contributed by atoms with Crippen molar-refractivity contribution in [3.63, 3.8) is 0 Å². The summed E-state index contributed by atoms with van der Waals surface area (Å²) in [5.41, 5.74) is 0.243. The molecule has 0 aliphatic carbocycles. The van der Waals surface area contributed by atoms with Gasteiger partial charge in [-0.2, -0.15) is 0 Å². The molecule has 1 aromatic rings. The number of carbonyl (C=O) groups is 1. The van der Waals surface area contributed by atoms with Crippen LogP contribution in [0.5, 0.6) is 0 Å². The van der Waals surface area contributed by atoms with Crippen molar-refractivity contribution in [2.75, 3.05) is 20.1 Å². The Hall–Kier alpha value is -2.45. The van der Waals surface area contributed by atoms with Crippen LogP contribution in [0.2, 0.25) is 0 Å². The van der Waals surface area contributed by atoms with Crippen LogP contribution in [0, 0.1) is 27.4 Å². The van der Waals surface area contributed by atoms with E-state index in [1.165, 1.54) is 18.2 Å². The van der Waals surface area contributed by atoms with Crippen molar-refractivity contribution >= 4 is 11.5 Å². The molecule has 0 N–H and O–H groups in total. The molecule has 0 radical (unpaired) electrons. The lowest BCUT2D eigenvalue weighted by Gasteiger charge is -2.12. The predicted molar refractivity (Wildman–Crippen MR) is 91.3 cm³/mol. The molecule has 0 heterocycles. The summed E-state index contributed by atoms with van der Waals surface area (Å²) in [5, 5.41) is 10.7. The number of hydrogen-bond donors (Lipinski definition) is 0. The van der Waals surface area contributed by atoms with E-state index in [-0.39, 0.29) is 23.4 Å². The number of likely N-dealkylation sites (N-methyl/N-ethyl adjacent to an activating group) is 1. The summed E-state index contributed by atoms with van der Waals surface area (Å²) >= 11 is 0. The molecule has 1 aromatic carbocycles. The highest BCUT2D eigenvalue weighted by molar-refractivity contribution is 5.98. The third-order valence-corrected chi connectivity index (χ3v) is 2.86. The number of ketones is 1. The van der Waals surface area contributed by atoms with Gasteiger partial charge in [-0.15, -0.1) is 0 Å². The van der Waals surface area contributed by atoms with E-state index in [1.54, 1.807) is 12.1 Å². The molecule has 23 heavy (non-hydrogen) atoms.